The van der Waals surface area contributed by atoms with Crippen LogP contribution < -0.4 is 5.73 Å². The van der Waals surface area contributed by atoms with Gasteiger partial charge in [0.2, 0.25) is 10.0 Å². The van der Waals surface area contributed by atoms with Crippen molar-refractivity contribution < 1.29 is 13.5 Å². The number of nitrogens with zero attached hydrogens (tertiary/aromatic N) is 2. The molecular weight excluding hydrogens is 274 g/mol. The van der Waals surface area contributed by atoms with Crippen LogP contribution in [0.15, 0.2) is 0 Å². The van der Waals surface area contributed by atoms with Gasteiger partial charge in [0, 0.05) is 32.7 Å². The van der Waals surface area contributed by atoms with E-state index in [9.17, 15) is 13.5 Å². The van der Waals surface area contributed by atoms with Crippen molar-refractivity contribution in [3.63, 3.8) is 0 Å². The molecule has 0 aliphatic carbocycles. The Kier molecular flexibility index (Phi) is 5.07. The van der Waals surface area contributed by atoms with Crippen LogP contribution in [0.2, 0.25) is 0 Å². The molecule has 0 atom stereocenters. The van der Waals surface area contributed by atoms with E-state index in [0.29, 0.717) is 32.7 Å². The average molecular weight is 295 g/mol. The predicted molar refractivity (Wildman–Crippen MR) is 74.9 cm³/mol. The molecule has 18 heavy (non-hydrogen) atoms. The molecule has 0 spiro atoms. The van der Waals surface area contributed by atoms with Crippen LogP contribution >= 0.6 is 12.2 Å². The second-order valence-corrected chi connectivity index (χ2v) is 7.70. The first-order valence-electron chi connectivity index (χ1n) is 5.81. The van der Waals surface area contributed by atoms with Gasteiger partial charge in [-0.1, -0.05) is 12.2 Å². The second-order valence-electron chi connectivity index (χ2n) is 5.21. The van der Waals surface area contributed by atoms with Gasteiger partial charge in [0.15, 0.2) is 0 Å². The van der Waals surface area contributed by atoms with Gasteiger partial charge in [0.05, 0.1) is 10.6 Å². The lowest BCUT2D eigenvalue weighted by Gasteiger charge is -2.36. The van der Waals surface area contributed by atoms with Gasteiger partial charge < -0.3 is 10.8 Å². The maximum atomic E-state index is 11.9. The first-order valence-corrected chi connectivity index (χ1v) is 7.83. The second kappa shape index (κ2) is 5.79. The van der Waals surface area contributed by atoms with Crippen molar-refractivity contribution >= 4 is 27.2 Å². The topological polar surface area (TPSA) is 86.9 Å². The Hall–Kier alpha value is -0.280. The van der Waals surface area contributed by atoms with Gasteiger partial charge in [-0.15, -0.1) is 0 Å². The van der Waals surface area contributed by atoms with Crippen LogP contribution in [0.1, 0.15) is 13.8 Å². The minimum Gasteiger partial charge on any atom is -0.392 e. The van der Waals surface area contributed by atoms with E-state index in [2.05, 4.69) is 12.2 Å². The number of thiocarbonyl (C=S) groups is 1. The first-order chi connectivity index (χ1) is 8.10. The lowest BCUT2D eigenvalue weighted by Crippen LogP contribution is -2.52. The zero-order valence-corrected chi connectivity index (χ0v) is 12.4. The van der Waals surface area contributed by atoms with Gasteiger partial charge in [0.1, 0.15) is 5.75 Å². The van der Waals surface area contributed by atoms with E-state index in [1.807, 2.05) is 4.90 Å². The predicted octanol–water partition coefficient (Wildman–Crippen LogP) is -1.01. The Balaban J connectivity index is 2.51. The van der Waals surface area contributed by atoms with Crippen molar-refractivity contribution in [3.05, 3.63) is 0 Å². The normalized spacial score (nSPS) is 19.9. The summed E-state index contributed by atoms with van der Waals surface area (Å²) in [4.78, 5) is 2.04. The highest BCUT2D eigenvalue weighted by Gasteiger charge is 2.29. The van der Waals surface area contributed by atoms with Crippen LogP contribution in [0, 0.1) is 0 Å². The molecule has 1 rings (SSSR count). The Morgan fingerprint density at radius 2 is 1.83 bits per heavy atom. The molecule has 0 amide bonds. The fourth-order valence-electron chi connectivity index (χ4n) is 1.98. The van der Waals surface area contributed by atoms with Crippen molar-refractivity contribution in [1.82, 2.24) is 9.21 Å². The van der Waals surface area contributed by atoms with E-state index < -0.39 is 15.6 Å². The average Bonchev–Trinajstić information content (AvgIpc) is 2.13. The summed E-state index contributed by atoms with van der Waals surface area (Å²) in [6, 6.07) is 0. The minimum absolute atomic E-state index is 0.00563. The van der Waals surface area contributed by atoms with E-state index in [-0.39, 0.29) is 10.7 Å². The minimum atomic E-state index is -3.37. The molecule has 1 aliphatic rings. The van der Waals surface area contributed by atoms with Crippen LogP contribution in [-0.2, 0) is 10.0 Å². The summed E-state index contributed by atoms with van der Waals surface area (Å²) >= 11 is 4.64. The number of nitrogens with two attached hydrogens (primary N) is 1. The number of piperazine rings is 1. The largest absolute Gasteiger partial charge is 0.392 e. The van der Waals surface area contributed by atoms with E-state index in [1.165, 1.54) is 4.31 Å². The van der Waals surface area contributed by atoms with Crippen LogP contribution in [-0.4, -0.2) is 71.8 Å². The molecule has 106 valence electrons. The molecule has 1 fully saturated rings. The first kappa shape index (κ1) is 15.8. The molecule has 0 bridgehead atoms. The molecule has 1 aliphatic heterocycles. The van der Waals surface area contributed by atoms with E-state index in [1.54, 1.807) is 13.8 Å². The highest BCUT2D eigenvalue weighted by atomic mass is 32.2. The summed E-state index contributed by atoms with van der Waals surface area (Å²) in [7, 11) is -3.37. The molecule has 1 saturated heterocycles. The third-order valence-electron chi connectivity index (χ3n) is 2.66. The molecule has 0 unspecified atom stereocenters. The van der Waals surface area contributed by atoms with E-state index >= 15 is 0 Å². The number of sulfonamides is 1. The quantitative estimate of drug-likeness (QED) is 0.632. The fourth-order valence-corrected chi connectivity index (χ4v) is 3.69. The van der Waals surface area contributed by atoms with E-state index in [4.69, 9.17) is 5.73 Å². The SMILES string of the molecule is CC(C)(O)CN1CCN(S(=O)(=O)CC(N)=S)CC1. The highest BCUT2D eigenvalue weighted by Crippen LogP contribution is 2.11. The summed E-state index contributed by atoms with van der Waals surface area (Å²) < 4.78 is 25.2. The van der Waals surface area contributed by atoms with Crippen molar-refractivity contribution in [2.45, 2.75) is 19.4 Å². The zero-order chi connectivity index (χ0) is 14.0. The number of rotatable bonds is 5. The summed E-state index contributed by atoms with van der Waals surface area (Å²) in [6.45, 7) is 6.07. The third-order valence-corrected chi connectivity index (χ3v) is 4.81. The lowest BCUT2D eigenvalue weighted by atomic mass is 10.1. The number of hydrogen-bond acceptors (Lipinski definition) is 5. The summed E-state index contributed by atoms with van der Waals surface area (Å²) in [5, 5.41) is 9.71. The summed E-state index contributed by atoms with van der Waals surface area (Å²) in [5.74, 6) is -0.270. The molecule has 3 N–H and O–H groups in total. The smallest absolute Gasteiger partial charge is 0.220 e. The van der Waals surface area contributed by atoms with Crippen LogP contribution in [0.25, 0.3) is 0 Å². The van der Waals surface area contributed by atoms with Gasteiger partial charge in [-0.2, -0.15) is 4.31 Å². The van der Waals surface area contributed by atoms with Crippen molar-refractivity contribution in [2.75, 3.05) is 38.5 Å². The fraction of sp³-hybridized carbons (Fsp3) is 0.900. The maximum absolute atomic E-state index is 11.9. The molecule has 0 aromatic carbocycles. The van der Waals surface area contributed by atoms with Gasteiger partial charge in [0.25, 0.3) is 0 Å². The Bertz CT molecular complexity index is 395. The Morgan fingerprint density at radius 1 is 1.33 bits per heavy atom. The van der Waals surface area contributed by atoms with Crippen molar-refractivity contribution in [3.8, 4) is 0 Å². The number of hydrogen-bond donors (Lipinski definition) is 2. The Labute approximate surface area is 114 Å². The number of β-amino-alcohol motifs (C(OH)–C–C–N with tert-alkyl or cyclic N) is 1. The molecule has 0 aromatic rings. The molecule has 8 heteroatoms. The van der Waals surface area contributed by atoms with Crippen molar-refractivity contribution in [1.29, 1.82) is 0 Å². The third kappa shape index (κ3) is 5.15. The van der Waals surface area contributed by atoms with E-state index in [0.717, 1.165) is 0 Å². The van der Waals surface area contributed by atoms with Gasteiger partial charge in [-0.05, 0) is 13.8 Å². The standard InChI is InChI=1S/C10H21N3O3S2/c1-10(2,14)8-12-3-5-13(6-4-12)18(15,16)7-9(11)17/h14H,3-8H2,1-2H3,(H2,11,17). The highest BCUT2D eigenvalue weighted by molar-refractivity contribution is 7.92. The molecule has 0 radical (unpaired) electrons. The van der Waals surface area contributed by atoms with Crippen molar-refractivity contribution in [2.24, 2.45) is 5.73 Å². The summed E-state index contributed by atoms with van der Waals surface area (Å²) in [6.07, 6.45) is 0. The maximum Gasteiger partial charge on any atom is 0.220 e. The van der Waals surface area contributed by atoms with Gasteiger partial charge in [-0.25, -0.2) is 8.42 Å². The summed E-state index contributed by atoms with van der Waals surface area (Å²) in [5.41, 5.74) is 4.51. The monoisotopic (exact) mass is 295 g/mol. The number of aliphatic hydroxyl groups is 1. The molecule has 0 aromatic heterocycles. The van der Waals surface area contributed by atoms with Crippen LogP contribution in [0.5, 0.6) is 0 Å². The van der Waals surface area contributed by atoms with Crippen LogP contribution in [0.4, 0.5) is 0 Å². The lowest BCUT2D eigenvalue weighted by molar-refractivity contribution is 0.0263. The molecular formula is C10H21N3O3S2. The van der Waals surface area contributed by atoms with Gasteiger partial charge >= 0.3 is 0 Å². The van der Waals surface area contributed by atoms with Gasteiger partial charge in [-0.3, -0.25) is 4.90 Å². The Morgan fingerprint density at radius 3 is 2.22 bits per heavy atom. The molecule has 6 nitrogen and oxygen atoms in total. The van der Waals surface area contributed by atoms with Crippen LogP contribution in [0.3, 0.4) is 0 Å². The zero-order valence-electron chi connectivity index (χ0n) is 10.8. The molecule has 1 heterocycles. The molecule has 0 saturated carbocycles.